The summed E-state index contributed by atoms with van der Waals surface area (Å²) in [6.07, 6.45) is -8.17. The van der Waals surface area contributed by atoms with Gasteiger partial charge >= 0.3 is 12.1 Å². The molecule has 0 amide bonds. The molecule has 0 heterocycles. The molecule has 0 aliphatic heterocycles. The van der Waals surface area contributed by atoms with Gasteiger partial charge in [-0.25, -0.2) is 0 Å². The number of hydrogen-bond donors (Lipinski definition) is 1. The molecule has 0 radical (unpaired) electrons. The van der Waals surface area contributed by atoms with Gasteiger partial charge in [-0.15, -0.1) is 0 Å². The van der Waals surface area contributed by atoms with Gasteiger partial charge < -0.3 is 9.84 Å². The molecule has 0 bridgehead atoms. The SMILES string of the molecule is Cc1cccc(OC(CC(=O)O)C(F)(F)F)c1C. The minimum absolute atomic E-state index is 0.0542. The molecular weight excluding hydrogens is 249 g/mol. The number of benzene rings is 1. The molecule has 0 saturated carbocycles. The van der Waals surface area contributed by atoms with Crippen LogP contribution in [0.5, 0.6) is 5.75 Å². The molecule has 1 aromatic carbocycles. The summed E-state index contributed by atoms with van der Waals surface area (Å²) in [7, 11) is 0. The first-order valence-electron chi connectivity index (χ1n) is 5.23. The van der Waals surface area contributed by atoms with Crippen molar-refractivity contribution in [3.05, 3.63) is 29.3 Å². The van der Waals surface area contributed by atoms with E-state index in [0.717, 1.165) is 5.56 Å². The van der Waals surface area contributed by atoms with Crippen molar-refractivity contribution in [2.45, 2.75) is 32.5 Å². The number of carboxylic acid groups (broad SMARTS) is 1. The highest BCUT2D eigenvalue weighted by atomic mass is 19.4. The van der Waals surface area contributed by atoms with E-state index in [1.54, 1.807) is 26.0 Å². The Hall–Kier alpha value is -1.72. The van der Waals surface area contributed by atoms with Crippen LogP contribution in [0.4, 0.5) is 13.2 Å². The zero-order valence-corrected chi connectivity index (χ0v) is 9.91. The van der Waals surface area contributed by atoms with Crippen LogP contribution in [0.2, 0.25) is 0 Å². The van der Waals surface area contributed by atoms with Crippen LogP contribution in [0.3, 0.4) is 0 Å². The molecule has 0 aliphatic rings. The van der Waals surface area contributed by atoms with Crippen LogP contribution in [0, 0.1) is 13.8 Å². The van der Waals surface area contributed by atoms with Crippen molar-refractivity contribution in [1.29, 1.82) is 0 Å². The Labute approximate surface area is 102 Å². The van der Waals surface area contributed by atoms with Crippen LogP contribution in [0.1, 0.15) is 17.5 Å². The first kappa shape index (κ1) is 14.3. The number of aliphatic carboxylic acids is 1. The summed E-state index contributed by atoms with van der Waals surface area (Å²) in [5, 5.41) is 8.47. The number of hydrogen-bond acceptors (Lipinski definition) is 2. The molecule has 0 saturated heterocycles. The van der Waals surface area contributed by atoms with Crippen molar-refractivity contribution in [2.24, 2.45) is 0 Å². The van der Waals surface area contributed by atoms with Gasteiger partial charge in [0, 0.05) is 0 Å². The standard InChI is InChI=1S/C12H13F3O3/c1-7-4-3-5-9(8(7)2)18-10(6-11(16)17)12(13,14)15/h3-5,10H,6H2,1-2H3,(H,16,17). The number of carboxylic acids is 1. The Kier molecular flexibility index (Phi) is 4.21. The normalized spacial score (nSPS) is 13.2. The van der Waals surface area contributed by atoms with Gasteiger partial charge in [0.25, 0.3) is 0 Å². The monoisotopic (exact) mass is 262 g/mol. The van der Waals surface area contributed by atoms with Gasteiger partial charge in [0.2, 0.25) is 6.10 Å². The average molecular weight is 262 g/mol. The molecule has 18 heavy (non-hydrogen) atoms. The summed E-state index contributed by atoms with van der Waals surface area (Å²) < 4.78 is 42.6. The van der Waals surface area contributed by atoms with Gasteiger partial charge in [-0.05, 0) is 31.0 Å². The Bertz CT molecular complexity index is 441. The molecule has 100 valence electrons. The zero-order valence-electron chi connectivity index (χ0n) is 9.91. The van der Waals surface area contributed by atoms with E-state index < -0.39 is 24.7 Å². The lowest BCUT2D eigenvalue weighted by atomic mass is 10.1. The van der Waals surface area contributed by atoms with Crippen molar-refractivity contribution in [3.8, 4) is 5.75 Å². The second kappa shape index (κ2) is 5.29. The molecule has 1 atom stereocenters. The van der Waals surface area contributed by atoms with E-state index in [4.69, 9.17) is 9.84 Å². The minimum atomic E-state index is -4.71. The first-order chi connectivity index (χ1) is 8.21. The third-order valence-electron chi connectivity index (χ3n) is 2.55. The molecule has 0 spiro atoms. The predicted molar refractivity (Wildman–Crippen MR) is 58.6 cm³/mol. The van der Waals surface area contributed by atoms with E-state index in [1.165, 1.54) is 6.07 Å². The summed E-state index contributed by atoms with van der Waals surface area (Å²) >= 11 is 0. The van der Waals surface area contributed by atoms with Gasteiger partial charge in [0.05, 0.1) is 6.42 Å². The van der Waals surface area contributed by atoms with Crippen LogP contribution in [-0.2, 0) is 4.79 Å². The molecule has 1 aromatic rings. The van der Waals surface area contributed by atoms with Gasteiger partial charge in [0.1, 0.15) is 5.75 Å². The highest BCUT2D eigenvalue weighted by molar-refractivity contribution is 5.67. The molecule has 1 rings (SSSR count). The molecule has 0 fully saturated rings. The van der Waals surface area contributed by atoms with E-state index in [9.17, 15) is 18.0 Å². The van der Waals surface area contributed by atoms with E-state index in [-0.39, 0.29) is 5.75 Å². The van der Waals surface area contributed by atoms with Crippen molar-refractivity contribution < 1.29 is 27.8 Å². The van der Waals surface area contributed by atoms with Gasteiger partial charge in [-0.2, -0.15) is 13.2 Å². The molecule has 1 unspecified atom stereocenters. The van der Waals surface area contributed by atoms with Crippen molar-refractivity contribution in [2.75, 3.05) is 0 Å². The third-order valence-corrected chi connectivity index (χ3v) is 2.55. The first-order valence-corrected chi connectivity index (χ1v) is 5.23. The number of ether oxygens (including phenoxy) is 1. The highest BCUT2D eigenvalue weighted by Gasteiger charge is 2.43. The summed E-state index contributed by atoms with van der Waals surface area (Å²) in [6, 6.07) is 4.69. The van der Waals surface area contributed by atoms with E-state index in [2.05, 4.69) is 0 Å². The molecule has 0 aliphatic carbocycles. The van der Waals surface area contributed by atoms with Gasteiger partial charge in [-0.3, -0.25) is 4.79 Å². The maximum atomic E-state index is 12.6. The second-order valence-corrected chi connectivity index (χ2v) is 3.94. The lowest BCUT2D eigenvalue weighted by Gasteiger charge is -2.21. The topological polar surface area (TPSA) is 46.5 Å². The second-order valence-electron chi connectivity index (χ2n) is 3.94. The van der Waals surface area contributed by atoms with Crippen LogP contribution < -0.4 is 4.74 Å². The van der Waals surface area contributed by atoms with Crippen molar-refractivity contribution >= 4 is 5.97 Å². The Morgan fingerprint density at radius 3 is 2.50 bits per heavy atom. The van der Waals surface area contributed by atoms with Gasteiger partial charge in [0.15, 0.2) is 0 Å². The Morgan fingerprint density at radius 2 is 2.00 bits per heavy atom. The summed E-state index contributed by atoms with van der Waals surface area (Å²) in [5.74, 6) is -1.50. The molecule has 0 aromatic heterocycles. The van der Waals surface area contributed by atoms with Crippen LogP contribution >= 0.6 is 0 Å². The maximum Gasteiger partial charge on any atom is 0.426 e. The molecule has 3 nitrogen and oxygen atoms in total. The third kappa shape index (κ3) is 3.65. The predicted octanol–water partition coefficient (Wildman–Crippen LogP) is 3.09. The number of alkyl halides is 3. The smallest absolute Gasteiger partial charge is 0.426 e. The summed E-state index contributed by atoms with van der Waals surface area (Å²) in [5.41, 5.74) is 1.35. The van der Waals surface area contributed by atoms with E-state index in [1.807, 2.05) is 0 Å². The van der Waals surface area contributed by atoms with E-state index in [0.29, 0.717) is 5.56 Å². The Balaban J connectivity index is 2.96. The lowest BCUT2D eigenvalue weighted by Crippen LogP contribution is -2.36. The average Bonchev–Trinajstić information content (AvgIpc) is 2.21. The summed E-state index contributed by atoms with van der Waals surface area (Å²) in [6.45, 7) is 3.36. The fourth-order valence-electron chi connectivity index (χ4n) is 1.39. The van der Waals surface area contributed by atoms with Crippen LogP contribution in [0.15, 0.2) is 18.2 Å². The maximum absolute atomic E-state index is 12.6. The fourth-order valence-corrected chi connectivity index (χ4v) is 1.39. The lowest BCUT2D eigenvalue weighted by molar-refractivity contribution is -0.200. The zero-order chi connectivity index (χ0) is 13.9. The fraction of sp³-hybridized carbons (Fsp3) is 0.417. The van der Waals surface area contributed by atoms with Crippen LogP contribution in [-0.4, -0.2) is 23.4 Å². The van der Waals surface area contributed by atoms with Gasteiger partial charge in [-0.1, -0.05) is 12.1 Å². The highest BCUT2D eigenvalue weighted by Crippen LogP contribution is 2.29. The number of halogens is 3. The van der Waals surface area contributed by atoms with Crippen molar-refractivity contribution in [1.82, 2.24) is 0 Å². The Morgan fingerprint density at radius 1 is 1.39 bits per heavy atom. The molecule has 6 heteroatoms. The number of carbonyl (C=O) groups is 1. The minimum Gasteiger partial charge on any atom is -0.481 e. The molecular formula is C12H13F3O3. The van der Waals surface area contributed by atoms with Crippen molar-refractivity contribution in [3.63, 3.8) is 0 Å². The summed E-state index contributed by atoms with van der Waals surface area (Å²) in [4.78, 5) is 10.4. The quantitative estimate of drug-likeness (QED) is 0.907. The van der Waals surface area contributed by atoms with E-state index >= 15 is 0 Å². The van der Waals surface area contributed by atoms with Crippen LogP contribution in [0.25, 0.3) is 0 Å². The largest absolute Gasteiger partial charge is 0.481 e. The molecule has 1 N–H and O–H groups in total. The number of aryl methyl sites for hydroxylation is 1. The number of rotatable bonds is 4.